The predicted octanol–water partition coefficient (Wildman–Crippen LogP) is 1.74. The number of Topliss-reactive ketones (excluding diaryl/α,β-unsaturated/α-hetero) is 1. The molecule has 1 heterocycles. The van der Waals surface area contributed by atoms with E-state index in [-0.39, 0.29) is 31.3 Å². The molecule has 0 atom stereocenters. The Morgan fingerprint density at radius 2 is 1.80 bits per heavy atom. The summed E-state index contributed by atoms with van der Waals surface area (Å²) in [4.78, 5) is 37.4. The second-order valence-corrected chi connectivity index (χ2v) is 5.83. The van der Waals surface area contributed by atoms with Crippen molar-refractivity contribution in [1.82, 2.24) is 0 Å². The fourth-order valence-electron chi connectivity index (χ4n) is 2.69. The summed E-state index contributed by atoms with van der Waals surface area (Å²) in [7, 11) is 1.69. The zero-order chi connectivity index (χ0) is 18.0. The maximum absolute atomic E-state index is 12.2. The van der Waals surface area contributed by atoms with Crippen LogP contribution in [0.3, 0.4) is 0 Å². The number of ketones is 1. The first-order chi connectivity index (χ1) is 12.0. The Balaban J connectivity index is 1.64. The van der Waals surface area contributed by atoms with Crippen molar-refractivity contribution in [3.63, 3.8) is 0 Å². The van der Waals surface area contributed by atoms with Gasteiger partial charge in [0.25, 0.3) is 0 Å². The molecule has 0 aliphatic carbocycles. The summed E-state index contributed by atoms with van der Waals surface area (Å²) in [6.07, 6.45) is 0.268. The van der Waals surface area contributed by atoms with Gasteiger partial charge in [-0.1, -0.05) is 12.1 Å². The molecule has 0 radical (unpaired) electrons. The second kappa shape index (κ2) is 6.86. The molecule has 0 bridgehead atoms. The quantitative estimate of drug-likeness (QED) is 0.663. The first-order valence-corrected chi connectivity index (χ1v) is 7.79. The molecule has 0 unspecified atom stereocenters. The van der Waals surface area contributed by atoms with Gasteiger partial charge < -0.3 is 14.7 Å². The summed E-state index contributed by atoms with van der Waals surface area (Å²) in [5.41, 5.74) is 2.99. The molecule has 1 aliphatic rings. The summed E-state index contributed by atoms with van der Waals surface area (Å²) in [6, 6.07) is 11.3. The Labute approximate surface area is 144 Å². The van der Waals surface area contributed by atoms with Crippen LogP contribution < -0.4 is 4.90 Å². The van der Waals surface area contributed by atoms with E-state index in [9.17, 15) is 14.4 Å². The van der Waals surface area contributed by atoms with E-state index in [1.165, 1.54) is 12.1 Å². The van der Waals surface area contributed by atoms with E-state index >= 15 is 0 Å². The molecule has 0 spiro atoms. The highest BCUT2D eigenvalue weighted by Gasteiger charge is 2.25. The lowest BCUT2D eigenvalue weighted by Crippen LogP contribution is -2.20. The maximum Gasteiger partial charge on any atom is 0.338 e. The molecule has 128 valence electrons. The third kappa shape index (κ3) is 3.44. The largest absolute Gasteiger partial charge is 0.454 e. The molecule has 0 fully saturated rings. The molecule has 25 heavy (non-hydrogen) atoms. The molecule has 2 aromatic carbocycles. The number of esters is 1. The minimum absolute atomic E-state index is 0.0163. The summed E-state index contributed by atoms with van der Waals surface area (Å²) in [6.45, 7) is -0.479. The lowest BCUT2D eigenvalue weighted by molar-refractivity contribution is -0.117. The van der Waals surface area contributed by atoms with Gasteiger partial charge in [-0.15, -0.1) is 0 Å². The Bertz CT molecular complexity index is 841. The van der Waals surface area contributed by atoms with E-state index in [2.05, 4.69) is 0 Å². The summed E-state index contributed by atoms with van der Waals surface area (Å²) in [5, 5.41) is 8.98. The number of aliphatic hydroxyl groups is 1. The molecule has 3 rings (SSSR count). The van der Waals surface area contributed by atoms with Crippen molar-refractivity contribution >= 4 is 23.3 Å². The van der Waals surface area contributed by atoms with Crippen molar-refractivity contribution in [3.05, 3.63) is 64.7 Å². The normalized spacial score (nSPS) is 12.9. The monoisotopic (exact) mass is 339 g/mol. The zero-order valence-corrected chi connectivity index (χ0v) is 13.7. The van der Waals surface area contributed by atoms with Crippen LogP contribution in [0.2, 0.25) is 0 Å². The average molecular weight is 339 g/mol. The molecular formula is C19H17NO5. The van der Waals surface area contributed by atoms with Crippen molar-refractivity contribution in [3.8, 4) is 0 Å². The number of hydrogen-bond donors (Lipinski definition) is 1. The van der Waals surface area contributed by atoms with Gasteiger partial charge in [-0.25, -0.2) is 4.79 Å². The first-order valence-electron chi connectivity index (χ1n) is 7.79. The van der Waals surface area contributed by atoms with Crippen LogP contribution in [-0.2, 0) is 22.6 Å². The van der Waals surface area contributed by atoms with Crippen LogP contribution in [0, 0.1) is 0 Å². The van der Waals surface area contributed by atoms with Gasteiger partial charge in [0.15, 0.2) is 12.4 Å². The van der Waals surface area contributed by atoms with E-state index in [4.69, 9.17) is 9.84 Å². The highest BCUT2D eigenvalue weighted by Crippen LogP contribution is 2.28. The zero-order valence-electron chi connectivity index (χ0n) is 13.7. The number of amides is 1. The molecule has 6 heteroatoms. The Morgan fingerprint density at radius 1 is 1.12 bits per heavy atom. The molecule has 6 nitrogen and oxygen atoms in total. The predicted molar refractivity (Wildman–Crippen MR) is 90.5 cm³/mol. The highest BCUT2D eigenvalue weighted by molar-refractivity contribution is 6.04. The first kappa shape index (κ1) is 16.9. The van der Waals surface area contributed by atoms with Crippen LogP contribution in [0.4, 0.5) is 5.69 Å². The van der Waals surface area contributed by atoms with Crippen molar-refractivity contribution < 1.29 is 24.2 Å². The van der Waals surface area contributed by atoms with Gasteiger partial charge in [-0.2, -0.15) is 0 Å². The molecule has 0 saturated heterocycles. The molecular weight excluding hydrogens is 322 g/mol. The van der Waals surface area contributed by atoms with Crippen LogP contribution in [0.15, 0.2) is 42.5 Å². The lowest BCUT2D eigenvalue weighted by atomic mass is 10.1. The minimum Gasteiger partial charge on any atom is -0.454 e. The molecule has 2 aromatic rings. The highest BCUT2D eigenvalue weighted by atomic mass is 16.5. The van der Waals surface area contributed by atoms with Gasteiger partial charge in [0.2, 0.25) is 5.91 Å². The smallest absolute Gasteiger partial charge is 0.338 e. The van der Waals surface area contributed by atoms with Crippen molar-refractivity contribution in [2.24, 2.45) is 0 Å². The van der Waals surface area contributed by atoms with Crippen molar-refractivity contribution in [2.45, 2.75) is 13.0 Å². The van der Waals surface area contributed by atoms with Gasteiger partial charge in [-0.3, -0.25) is 9.59 Å². The Morgan fingerprint density at radius 3 is 2.48 bits per heavy atom. The van der Waals surface area contributed by atoms with E-state index in [1.807, 2.05) is 0 Å². The fraction of sp³-hybridized carbons (Fsp3) is 0.211. The Kier molecular flexibility index (Phi) is 4.63. The number of carbonyl (C=O) groups excluding carboxylic acids is 3. The minimum atomic E-state index is -0.603. The van der Waals surface area contributed by atoms with Crippen LogP contribution >= 0.6 is 0 Å². The standard InChI is InChI=1S/C19H17NO5/c1-20-16-7-6-14(8-15(16)9-18(20)23)17(22)11-25-19(24)13-4-2-12(10-21)3-5-13/h2-8,21H,9-11H2,1H3. The number of aliphatic hydroxyl groups excluding tert-OH is 1. The SMILES string of the molecule is CN1C(=O)Cc2cc(C(=O)COC(=O)c3ccc(CO)cc3)ccc21. The van der Waals surface area contributed by atoms with E-state index in [1.54, 1.807) is 42.3 Å². The number of ether oxygens (including phenoxy) is 1. The number of hydrogen-bond acceptors (Lipinski definition) is 5. The van der Waals surface area contributed by atoms with E-state index in [0.717, 1.165) is 11.3 Å². The third-order valence-corrected chi connectivity index (χ3v) is 4.19. The topological polar surface area (TPSA) is 83.9 Å². The van der Waals surface area contributed by atoms with E-state index < -0.39 is 5.97 Å². The number of anilines is 1. The number of nitrogens with zero attached hydrogens (tertiary/aromatic N) is 1. The number of benzene rings is 2. The lowest BCUT2D eigenvalue weighted by Gasteiger charge is -2.10. The van der Waals surface area contributed by atoms with Gasteiger partial charge >= 0.3 is 5.97 Å². The fourth-order valence-corrected chi connectivity index (χ4v) is 2.69. The van der Waals surface area contributed by atoms with Crippen LogP contribution in [0.1, 0.15) is 31.8 Å². The maximum atomic E-state index is 12.2. The van der Waals surface area contributed by atoms with Gasteiger partial charge in [0, 0.05) is 18.3 Å². The molecule has 1 amide bonds. The molecule has 0 aromatic heterocycles. The average Bonchev–Trinajstić information content (AvgIpc) is 2.93. The van der Waals surface area contributed by atoms with Gasteiger partial charge in [0.05, 0.1) is 18.6 Å². The molecule has 1 N–H and O–H groups in total. The summed E-state index contributed by atoms with van der Waals surface area (Å²) < 4.78 is 5.05. The van der Waals surface area contributed by atoms with Crippen molar-refractivity contribution in [1.29, 1.82) is 0 Å². The molecule has 0 saturated carbocycles. The van der Waals surface area contributed by atoms with Gasteiger partial charge in [-0.05, 0) is 41.5 Å². The molecule has 1 aliphatic heterocycles. The third-order valence-electron chi connectivity index (χ3n) is 4.19. The summed E-state index contributed by atoms with van der Waals surface area (Å²) >= 11 is 0. The Hall–Kier alpha value is -2.99. The number of rotatable bonds is 5. The van der Waals surface area contributed by atoms with E-state index in [0.29, 0.717) is 16.7 Å². The number of likely N-dealkylation sites (N-methyl/N-ethyl adjacent to an activating group) is 1. The van der Waals surface area contributed by atoms with Crippen LogP contribution in [-0.4, -0.2) is 36.4 Å². The van der Waals surface area contributed by atoms with Crippen LogP contribution in [0.5, 0.6) is 0 Å². The second-order valence-electron chi connectivity index (χ2n) is 5.83. The van der Waals surface area contributed by atoms with Crippen LogP contribution in [0.25, 0.3) is 0 Å². The van der Waals surface area contributed by atoms with Gasteiger partial charge in [0.1, 0.15) is 0 Å². The number of fused-ring (bicyclic) bond motifs is 1. The number of carbonyl (C=O) groups is 3. The summed E-state index contributed by atoms with van der Waals surface area (Å²) in [5.74, 6) is -0.948. The van der Waals surface area contributed by atoms with Crippen molar-refractivity contribution in [2.75, 3.05) is 18.6 Å².